The SMILES string of the molecule is COC(=O)c1ccc(-c2ccc(C(=O)OC)cn2)cc1. The number of nitrogens with zero attached hydrogens (tertiary/aromatic N) is 1. The van der Waals surface area contributed by atoms with Crippen molar-refractivity contribution in [2.24, 2.45) is 0 Å². The van der Waals surface area contributed by atoms with Crippen LogP contribution in [0.1, 0.15) is 20.7 Å². The van der Waals surface area contributed by atoms with Crippen molar-refractivity contribution < 1.29 is 19.1 Å². The minimum Gasteiger partial charge on any atom is -0.465 e. The van der Waals surface area contributed by atoms with Gasteiger partial charge in [0, 0.05) is 11.8 Å². The Hall–Kier alpha value is -2.69. The van der Waals surface area contributed by atoms with Gasteiger partial charge >= 0.3 is 11.9 Å². The van der Waals surface area contributed by atoms with Crippen LogP contribution in [0.25, 0.3) is 11.3 Å². The van der Waals surface area contributed by atoms with Crippen LogP contribution in [0.2, 0.25) is 0 Å². The molecule has 0 aliphatic rings. The van der Waals surface area contributed by atoms with Crippen LogP contribution >= 0.6 is 0 Å². The molecule has 2 aromatic rings. The zero-order valence-corrected chi connectivity index (χ0v) is 11.1. The van der Waals surface area contributed by atoms with Crippen LogP contribution in [0.4, 0.5) is 0 Å². The molecular formula is C15H13NO4. The second kappa shape index (κ2) is 5.97. The Morgan fingerprint density at radius 2 is 1.40 bits per heavy atom. The van der Waals surface area contributed by atoms with E-state index in [1.807, 2.05) is 0 Å². The molecule has 5 heteroatoms. The Balaban J connectivity index is 2.23. The maximum Gasteiger partial charge on any atom is 0.339 e. The standard InChI is InChI=1S/C15H13NO4/c1-19-14(17)11-5-3-10(4-6-11)13-8-7-12(9-16-13)15(18)20-2/h3-9H,1-2H3. The van der Waals surface area contributed by atoms with Crippen molar-refractivity contribution in [1.82, 2.24) is 4.98 Å². The van der Waals surface area contributed by atoms with Gasteiger partial charge in [-0.15, -0.1) is 0 Å². The minimum absolute atomic E-state index is 0.384. The van der Waals surface area contributed by atoms with Crippen LogP contribution in [0.3, 0.4) is 0 Å². The first-order chi connectivity index (χ1) is 9.65. The largest absolute Gasteiger partial charge is 0.465 e. The normalized spacial score (nSPS) is 9.90. The Kier molecular flexibility index (Phi) is 4.10. The lowest BCUT2D eigenvalue weighted by molar-refractivity contribution is 0.0591. The van der Waals surface area contributed by atoms with Crippen LogP contribution in [-0.4, -0.2) is 31.1 Å². The molecule has 0 saturated carbocycles. The van der Waals surface area contributed by atoms with E-state index in [4.69, 9.17) is 0 Å². The Labute approximate surface area is 116 Å². The summed E-state index contributed by atoms with van der Waals surface area (Å²) in [7, 11) is 2.66. The molecular weight excluding hydrogens is 258 g/mol. The van der Waals surface area contributed by atoms with Gasteiger partial charge in [-0.1, -0.05) is 12.1 Å². The van der Waals surface area contributed by atoms with Gasteiger partial charge in [0.25, 0.3) is 0 Å². The monoisotopic (exact) mass is 271 g/mol. The molecule has 0 saturated heterocycles. The van der Waals surface area contributed by atoms with Crippen molar-refractivity contribution in [3.63, 3.8) is 0 Å². The van der Waals surface area contributed by atoms with Crippen LogP contribution in [0, 0.1) is 0 Å². The van der Waals surface area contributed by atoms with Gasteiger partial charge in [0.1, 0.15) is 0 Å². The fourth-order valence-electron chi connectivity index (χ4n) is 1.70. The first-order valence-electron chi connectivity index (χ1n) is 5.89. The molecule has 0 aliphatic heterocycles. The van der Waals surface area contributed by atoms with Gasteiger partial charge in [0.15, 0.2) is 0 Å². The Bertz CT molecular complexity index is 560. The van der Waals surface area contributed by atoms with Gasteiger partial charge in [-0.3, -0.25) is 4.98 Å². The van der Waals surface area contributed by atoms with Gasteiger partial charge in [0.2, 0.25) is 0 Å². The molecule has 0 spiro atoms. The highest BCUT2D eigenvalue weighted by molar-refractivity contribution is 5.90. The minimum atomic E-state index is -0.426. The average molecular weight is 271 g/mol. The predicted molar refractivity (Wildman–Crippen MR) is 72.4 cm³/mol. The quantitative estimate of drug-likeness (QED) is 0.801. The first kappa shape index (κ1) is 13.7. The molecule has 0 N–H and O–H groups in total. The van der Waals surface area contributed by atoms with Crippen molar-refractivity contribution in [2.45, 2.75) is 0 Å². The number of pyridine rings is 1. The molecule has 20 heavy (non-hydrogen) atoms. The lowest BCUT2D eigenvalue weighted by atomic mass is 10.1. The third-order valence-electron chi connectivity index (χ3n) is 2.79. The van der Waals surface area contributed by atoms with Gasteiger partial charge in [-0.25, -0.2) is 9.59 Å². The fourth-order valence-corrected chi connectivity index (χ4v) is 1.70. The topological polar surface area (TPSA) is 65.5 Å². The average Bonchev–Trinajstić information content (AvgIpc) is 2.53. The number of ether oxygens (including phenoxy) is 2. The van der Waals surface area contributed by atoms with E-state index in [9.17, 15) is 9.59 Å². The molecule has 0 unspecified atom stereocenters. The van der Waals surface area contributed by atoms with Crippen LogP contribution < -0.4 is 0 Å². The molecule has 0 aliphatic carbocycles. The van der Waals surface area contributed by atoms with E-state index in [0.717, 1.165) is 5.56 Å². The van der Waals surface area contributed by atoms with Crippen LogP contribution in [0.5, 0.6) is 0 Å². The number of hydrogen-bond donors (Lipinski definition) is 0. The summed E-state index contributed by atoms with van der Waals surface area (Å²) in [6, 6.07) is 10.2. The van der Waals surface area contributed by atoms with E-state index in [0.29, 0.717) is 16.8 Å². The molecule has 1 aromatic carbocycles. The molecule has 1 aromatic heterocycles. The summed E-state index contributed by atoms with van der Waals surface area (Å²) in [6.45, 7) is 0. The summed E-state index contributed by atoms with van der Waals surface area (Å²) >= 11 is 0. The molecule has 0 amide bonds. The number of carbonyl (C=O) groups is 2. The third kappa shape index (κ3) is 2.83. The van der Waals surface area contributed by atoms with Gasteiger partial charge < -0.3 is 9.47 Å². The summed E-state index contributed by atoms with van der Waals surface area (Å²) in [6.07, 6.45) is 1.45. The first-order valence-corrected chi connectivity index (χ1v) is 5.89. The van der Waals surface area contributed by atoms with E-state index in [2.05, 4.69) is 14.5 Å². The molecule has 0 atom stereocenters. The summed E-state index contributed by atoms with van der Waals surface area (Å²) in [5.74, 6) is -0.810. The van der Waals surface area contributed by atoms with Crippen molar-refractivity contribution in [1.29, 1.82) is 0 Å². The fraction of sp³-hybridized carbons (Fsp3) is 0.133. The van der Waals surface area contributed by atoms with E-state index in [1.54, 1.807) is 36.4 Å². The highest BCUT2D eigenvalue weighted by Gasteiger charge is 2.08. The van der Waals surface area contributed by atoms with Crippen LogP contribution in [-0.2, 0) is 9.47 Å². The summed E-state index contributed by atoms with van der Waals surface area (Å²) in [5, 5.41) is 0. The number of carbonyl (C=O) groups excluding carboxylic acids is 2. The van der Waals surface area contributed by atoms with Gasteiger partial charge in [-0.2, -0.15) is 0 Å². The second-order valence-corrected chi connectivity index (χ2v) is 3.99. The lowest BCUT2D eigenvalue weighted by Crippen LogP contribution is -2.02. The number of benzene rings is 1. The molecule has 5 nitrogen and oxygen atoms in total. The third-order valence-corrected chi connectivity index (χ3v) is 2.79. The van der Waals surface area contributed by atoms with Crippen molar-refractivity contribution in [2.75, 3.05) is 14.2 Å². The zero-order chi connectivity index (χ0) is 14.5. The number of methoxy groups -OCH3 is 2. The van der Waals surface area contributed by atoms with Crippen molar-refractivity contribution in [3.8, 4) is 11.3 Å². The molecule has 0 radical (unpaired) electrons. The van der Waals surface area contributed by atoms with Crippen molar-refractivity contribution >= 4 is 11.9 Å². The Morgan fingerprint density at radius 1 is 0.850 bits per heavy atom. The zero-order valence-electron chi connectivity index (χ0n) is 11.1. The van der Waals surface area contributed by atoms with Crippen LogP contribution in [0.15, 0.2) is 42.6 Å². The molecule has 0 fully saturated rings. The summed E-state index contributed by atoms with van der Waals surface area (Å²) in [5.41, 5.74) is 2.41. The van der Waals surface area contributed by atoms with E-state index < -0.39 is 5.97 Å². The second-order valence-electron chi connectivity index (χ2n) is 3.99. The van der Waals surface area contributed by atoms with Crippen molar-refractivity contribution in [3.05, 3.63) is 53.7 Å². The van der Waals surface area contributed by atoms with E-state index in [-0.39, 0.29) is 5.97 Å². The maximum atomic E-state index is 11.3. The van der Waals surface area contributed by atoms with E-state index in [1.165, 1.54) is 20.4 Å². The Morgan fingerprint density at radius 3 is 1.90 bits per heavy atom. The highest BCUT2D eigenvalue weighted by Crippen LogP contribution is 2.18. The lowest BCUT2D eigenvalue weighted by Gasteiger charge is -2.04. The van der Waals surface area contributed by atoms with Gasteiger partial charge in [0.05, 0.1) is 31.0 Å². The smallest absolute Gasteiger partial charge is 0.339 e. The number of rotatable bonds is 3. The maximum absolute atomic E-state index is 11.3. The number of hydrogen-bond acceptors (Lipinski definition) is 5. The van der Waals surface area contributed by atoms with E-state index >= 15 is 0 Å². The number of aromatic nitrogens is 1. The summed E-state index contributed by atoms with van der Waals surface area (Å²) < 4.78 is 9.24. The molecule has 102 valence electrons. The molecule has 2 rings (SSSR count). The number of esters is 2. The molecule has 0 bridgehead atoms. The summed E-state index contributed by atoms with van der Waals surface area (Å²) in [4.78, 5) is 26.8. The van der Waals surface area contributed by atoms with Gasteiger partial charge in [-0.05, 0) is 24.3 Å². The predicted octanol–water partition coefficient (Wildman–Crippen LogP) is 2.32. The highest BCUT2D eigenvalue weighted by atomic mass is 16.5. The molecule has 1 heterocycles.